The predicted molar refractivity (Wildman–Crippen MR) is 75.6 cm³/mol. The highest BCUT2D eigenvalue weighted by atomic mass is 19.2. The van der Waals surface area contributed by atoms with Gasteiger partial charge in [-0.15, -0.1) is 0 Å². The van der Waals surface area contributed by atoms with Crippen LogP contribution in [0.25, 0.3) is 0 Å². The van der Waals surface area contributed by atoms with Crippen LogP contribution < -0.4 is 5.32 Å². The number of likely N-dealkylation sites (N-methyl/N-ethyl adjacent to an activating group) is 1. The van der Waals surface area contributed by atoms with Crippen LogP contribution in [0.1, 0.15) is 37.8 Å². The van der Waals surface area contributed by atoms with Crippen molar-refractivity contribution in [1.82, 2.24) is 10.2 Å². The first-order chi connectivity index (χ1) is 10.5. The molecular weight excluding hydrogens is 293 g/mol. The number of carbonyl (C=O) groups is 1. The van der Waals surface area contributed by atoms with Crippen molar-refractivity contribution in [3.05, 3.63) is 35.1 Å². The molecule has 6 heteroatoms. The van der Waals surface area contributed by atoms with Gasteiger partial charge in [-0.05, 0) is 43.5 Å². The third-order valence-electron chi connectivity index (χ3n) is 4.53. The fraction of sp³-hybridized carbons (Fsp3) is 0.562. The van der Waals surface area contributed by atoms with Crippen LogP contribution in [0.2, 0.25) is 0 Å². The van der Waals surface area contributed by atoms with E-state index in [1.54, 1.807) is 0 Å². The summed E-state index contributed by atoms with van der Waals surface area (Å²) in [5.74, 6) is -3.74. The number of benzene rings is 1. The van der Waals surface area contributed by atoms with Crippen LogP contribution in [0, 0.1) is 23.4 Å². The topological polar surface area (TPSA) is 32.3 Å². The standard InChI is InChI=1S/C16H19F3N2O/c1-2-21-6-5-13(20-16(22)9-3-4-9)15(21)10-7-11(17)14(19)12(18)8-10/h7-9,13,15H,2-6H2,1H3,(H,20,22). The summed E-state index contributed by atoms with van der Waals surface area (Å²) in [6.07, 6.45) is 2.53. The van der Waals surface area contributed by atoms with E-state index in [0.29, 0.717) is 12.1 Å². The van der Waals surface area contributed by atoms with Gasteiger partial charge in [0.1, 0.15) is 0 Å². The molecule has 1 aromatic rings. The number of nitrogens with zero attached hydrogens (tertiary/aromatic N) is 1. The summed E-state index contributed by atoms with van der Waals surface area (Å²) in [7, 11) is 0. The summed E-state index contributed by atoms with van der Waals surface area (Å²) in [5, 5.41) is 2.99. The molecule has 1 aromatic carbocycles. The van der Waals surface area contributed by atoms with E-state index in [-0.39, 0.29) is 23.9 Å². The maximum atomic E-state index is 13.5. The minimum atomic E-state index is -1.46. The van der Waals surface area contributed by atoms with Gasteiger partial charge in [0.25, 0.3) is 0 Å². The third kappa shape index (κ3) is 2.84. The number of hydrogen-bond donors (Lipinski definition) is 1. The van der Waals surface area contributed by atoms with E-state index in [4.69, 9.17) is 0 Å². The summed E-state index contributed by atoms with van der Waals surface area (Å²) in [6.45, 7) is 3.38. The molecule has 0 radical (unpaired) electrons. The van der Waals surface area contributed by atoms with Crippen molar-refractivity contribution in [2.75, 3.05) is 13.1 Å². The first-order valence-corrected chi connectivity index (χ1v) is 7.70. The van der Waals surface area contributed by atoms with Crippen molar-refractivity contribution in [2.45, 2.75) is 38.3 Å². The number of rotatable bonds is 4. The summed E-state index contributed by atoms with van der Waals surface area (Å²) < 4.78 is 40.2. The van der Waals surface area contributed by atoms with Gasteiger partial charge in [-0.2, -0.15) is 0 Å². The smallest absolute Gasteiger partial charge is 0.223 e. The van der Waals surface area contributed by atoms with Crippen LogP contribution in [-0.4, -0.2) is 29.9 Å². The van der Waals surface area contributed by atoms with Crippen LogP contribution in [-0.2, 0) is 4.79 Å². The number of amides is 1. The fourth-order valence-corrected chi connectivity index (χ4v) is 3.20. The lowest BCUT2D eigenvalue weighted by Crippen LogP contribution is -2.40. The Kier molecular flexibility index (Phi) is 4.12. The molecule has 1 aliphatic heterocycles. The van der Waals surface area contributed by atoms with Crippen molar-refractivity contribution in [1.29, 1.82) is 0 Å². The van der Waals surface area contributed by atoms with Crippen LogP contribution >= 0.6 is 0 Å². The molecular formula is C16H19F3N2O. The molecule has 1 N–H and O–H groups in total. The van der Waals surface area contributed by atoms with Gasteiger partial charge >= 0.3 is 0 Å². The van der Waals surface area contributed by atoms with Gasteiger partial charge in [-0.25, -0.2) is 13.2 Å². The summed E-state index contributed by atoms with van der Waals surface area (Å²) in [6, 6.07) is 1.55. The average Bonchev–Trinajstić information content (AvgIpc) is 3.26. The quantitative estimate of drug-likeness (QED) is 0.867. The van der Waals surface area contributed by atoms with E-state index in [0.717, 1.165) is 37.9 Å². The number of carbonyl (C=O) groups excluding carboxylic acids is 1. The number of halogens is 3. The Bertz CT molecular complexity index is 566. The minimum Gasteiger partial charge on any atom is -0.351 e. The maximum Gasteiger partial charge on any atom is 0.223 e. The number of likely N-dealkylation sites (tertiary alicyclic amines) is 1. The highest BCUT2D eigenvalue weighted by molar-refractivity contribution is 5.81. The SMILES string of the molecule is CCN1CCC(NC(=O)C2CC2)C1c1cc(F)c(F)c(F)c1. The second kappa shape index (κ2) is 5.91. The molecule has 22 heavy (non-hydrogen) atoms. The first kappa shape index (κ1) is 15.3. The summed E-state index contributed by atoms with van der Waals surface area (Å²) in [5.41, 5.74) is 0.372. The summed E-state index contributed by atoms with van der Waals surface area (Å²) in [4.78, 5) is 14.0. The lowest BCUT2D eigenvalue weighted by atomic mass is 9.99. The zero-order valence-electron chi connectivity index (χ0n) is 12.4. The Morgan fingerprint density at radius 2 is 1.86 bits per heavy atom. The van der Waals surface area contributed by atoms with Crippen LogP contribution in [0.4, 0.5) is 13.2 Å². The number of nitrogens with one attached hydrogen (secondary N) is 1. The van der Waals surface area contributed by atoms with Gasteiger partial charge in [-0.1, -0.05) is 6.92 Å². The number of hydrogen-bond acceptors (Lipinski definition) is 2. The third-order valence-corrected chi connectivity index (χ3v) is 4.53. The molecule has 3 rings (SSSR count). The van der Waals surface area contributed by atoms with E-state index in [1.807, 2.05) is 11.8 Å². The molecule has 1 aliphatic carbocycles. The zero-order chi connectivity index (χ0) is 15.9. The van der Waals surface area contributed by atoms with Crippen molar-refractivity contribution in [3.63, 3.8) is 0 Å². The Balaban J connectivity index is 1.87. The highest BCUT2D eigenvalue weighted by Gasteiger charge is 2.39. The largest absolute Gasteiger partial charge is 0.351 e. The van der Waals surface area contributed by atoms with Crippen molar-refractivity contribution >= 4 is 5.91 Å². The van der Waals surface area contributed by atoms with Gasteiger partial charge in [0.05, 0.1) is 6.04 Å². The van der Waals surface area contributed by atoms with Crippen molar-refractivity contribution in [3.8, 4) is 0 Å². The molecule has 0 spiro atoms. The van der Waals surface area contributed by atoms with Gasteiger partial charge < -0.3 is 5.32 Å². The molecule has 1 amide bonds. The Hall–Kier alpha value is -1.56. The predicted octanol–water partition coefficient (Wildman–Crippen LogP) is 2.77. The molecule has 1 saturated heterocycles. The summed E-state index contributed by atoms with van der Waals surface area (Å²) >= 11 is 0. The second-order valence-corrected chi connectivity index (χ2v) is 6.05. The highest BCUT2D eigenvalue weighted by Crippen LogP contribution is 2.35. The monoisotopic (exact) mass is 312 g/mol. The fourth-order valence-electron chi connectivity index (χ4n) is 3.20. The first-order valence-electron chi connectivity index (χ1n) is 7.70. The zero-order valence-corrected chi connectivity index (χ0v) is 12.4. The molecule has 2 fully saturated rings. The van der Waals surface area contributed by atoms with Crippen molar-refractivity contribution < 1.29 is 18.0 Å². The van der Waals surface area contributed by atoms with Crippen molar-refractivity contribution in [2.24, 2.45) is 5.92 Å². The lowest BCUT2D eigenvalue weighted by Gasteiger charge is -2.28. The average molecular weight is 312 g/mol. The van der Waals surface area contributed by atoms with E-state index in [1.165, 1.54) is 0 Å². The van der Waals surface area contributed by atoms with Gasteiger partial charge in [0, 0.05) is 18.5 Å². The molecule has 2 aliphatic rings. The maximum absolute atomic E-state index is 13.5. The Labute approximate surface area is 127 Å². The second-order valence-electron chi connectivity index (χ2n) is 6.05. The van der Waals surface area contributed by atoms with E-state index in [9.17, 15) is 18.0 Å². The molecule has 1 saturated carbocycles. The minimum absolute atomic E-state index is 0.0102. The van der Waals surface area contributed by atoms with Gasteiger partial charge in [0.15, 0.2) is 17.5 Å². The van der Waals surface area contributed by atoms with Gasteiger partial charge in [0.2, 0.25) is 5.91 Å². The Morgan fingerprint density at radius 3 is 2.41 bits per heavy atom. The molecule has 1 heterocycles. The van der Waals surface area contributed by atoms with E-state index < -0.39 is 17.5 Å². The Morgan fingerprint density at radius 1 is 1.23 bits per heavy atom. The molecule has 3 nitrogen and oxygen atoms in total. The van der Waals surface area contributed by atoms with Crippen LogP contribution in [0.5, 0.6) is 0 Å². The molecule has 2 atom stereocenters. The molecule has 0 aromatic heterocycles. The van der Waals surface area contributed by atoms with Crippen LogP contribution in [0.15, 0.2) is 12.1 Å². The molecule has 0 bridgehead atoms. The lowest BCUT2D eigenvalue weighted by molar-refractivity contribution is -0.123. The normalized spacial score (nSPS) is 25.5. The molecule has 2 unspecified atom stereocenters. The van der Waals surface area contributed by atoms with Gasteiger partial charge in [-0.3, -0.25) is 9.69 Å². The van der Waals surface area contributed by atoms with E-state index >= 15 is 0 Å². The van der Waals surface area contributed by atoms with Crippen LogP contribution in [0.3, 0.4) is 0 Å². The molecule has 120 valence electrons. The van der Waals surface area contributed by atoms with E-state index in [2.05, 4.69) is 5.32 Å².